The van der Waals surface area contributed by atoms with Gasteiger partial charge in [-0.1, -0.05) is 36.2 Å². The van der Waals surface area contributed by atoms with Gasteiger partial charge in [-0.15, -0.1) is 0 Å². The van der Waals surface area contributed by atoms with E-state index in [9.17, 15) is 4.79 Å². The molecule has 0 amide bonds. The maximum absolute atomic E-state index is 11.1. The van der Waals surface area contributed by atoms with Gasteiger partial charge in [0.1, 0.15) is 0 Å². The van der Waals surface area contributed by atoms with Crippen molar-refractivity contribution in [2.75, 3.05) is 13.1 Å². The van der Waals surface area contributed by atoms with Crippen molar-refractivity contribution < 1.29 is 9.90 Å². The maximum Gasteiger partial charge on any atom is 0.305 e. The first-order valence-corrected chi connectivity index (χ1v) is 6.69. The van der Waals surface area contributed by atoms with Gasteiger partial charge in [0.2, 0.25) is 0 Å². The Kier molecular flexibility index (Phi) is 4.37. The molecule has 0 bridgehead atoms. The van der Waals surface area contributed by atoms with Crippen LogP contribution in [0.5, 0.6) is 0 Å². The first kappa shape index (κ1) is 13.1. The molecule has 1 unspecified atom stereocenters. The number of benzene rings is 1. The summed E-state index contributed by atoms with van der Waals surface area (Å²) in [6.45, 7) is 4.09. The van der Waals surface area contributed by atoms with E-state index in [4.69, 9.17) is 5.11 Å². The number of carboxylic acids is 1. The zero-order valence-corrected chi connectivity index (χ0v) is 10.9. The number of piperidine rings is 1. The summed E-state index contributed by atoms with van der Waals surface area (Å²) in [5, 5.41) is 9.10. The molecule has 0 spiro atoms. The summed E-state index contributed by atoms with van der Waals surface area (Å²) >= 11 is 0. The third-order valence-corrected chi connectivity index (χ3v) is 3.66. The highest BCUT2D eigenvalue weighted by Crippen LogP contribution is 2.27. The molecule has 1 saturated heterocycles. The Balaban J connectivity index is 2.17. The van der Waals surface area contributed by atoms with Gasteiger partial charge in [0.05, 0.1) is 6.42 Å². The number of hydrogen-bond acceptors (Lipinski definition) is 2. The monoisotopic (exact) mass is 247 g/mol. The van der Waals surface area contributed by atoms with Crippen molar-refractivity contribution in [3.05, 3.63) is 35.4 Å². The van der Waals surface area contributed by atoms with E-state index < -0.39 is 5.97 Å². The summed E-state index contributed by atoms with van der Waals surface area (Å²) in [5.74, 6) is -0.717. The van der Waals surface area contributed by atoms with E-state index in [1.807, 2.05) is 0 Å². The van der Waals surface area contributed by atoms with Crippen LogP contribution in [-0.2, 0) is 4.79 Å². The highest BCUT2D eigenvalue weighted by atomic mass is 16.4. The molecule has 3 nitrogen and oxygen atoms in total. The second-order valence-electron chi connectivity index (χ2n) is 5.12. The lowest BCUT2D eigenvalue weighted by molar-refractivity contribution is -0.138. The quantitative estimate of drug-likeness (QED) is 0.889. The zero-order valence-electron chi connectivity index (χ0n) is 10.9. The average Bonchev–Trinajstić information content (AvgIpc) is 2.38. The van der Waals surface area contributed by atoms with Gasteiger partial charge in [0, 0.05) is 6.04 Å². The average molecular weight is 247 g/mol. The van der Waals surface area contributed by atoms with Crippen LogP contribution in [0.15, 0.2) is 24.3 Å². The molecule has 1 fully saturated rings. The van der Waals surface area contributed by atoms with E-state index in [-0.39, 0.29) is 12.5 Å². The molecular formula is C15H21NO2. The summed E-state index contributed by atoms with van der Waals surface area (Å²) in [6.07, 6.45) is 3.83. The molecule has 0 aromatic heterocycles. The number of hydrogen-bond donors (Lipinski definition) is 1. The third-order valence-electron chi connectivity index (χ3n) is 3.66. The van der Waals surface area contributed by atoms with E-state index in [1.54, 1.807) is 0 Å². The first-order valence-electron chi connectivity index (χ1n) is 6.69. The van der Waals surface area contributed by atoms with Gasteiger partial charge in [-0.2, -0.15) is 0 Å². The van der Waals surface area contributed by atoms with E-state index in [0.717, 1.165) is 18.7 Å². The van der Waals surface area contributed by atoms with E-state index in [1.165, 1.54) is 24.8 Å². The third kappa shape index (κ3) is 3.33. The Hall–Kier alpha value is -1.35. The number of rotatable bonds is 4. The predicted molar refractivity (Wildman–Crippen MR) is 71.6 cm³/mol. The van der Waals surface area contributed by atoms with E-state index in [0.29, 0.717) is 0 Å². The molecule has 1 aromatic rings. The molecule has 1 atom stereocenters. The Morgan fingerprint density at radius 1 is 1.22 bits per heavy atom. The Bertz CT molecular complexity index is 393. The molecule has 0 radical (unpaired) electrons. The topological polar surface area (TPSA) is 40.5 Å². The van der Waals surface area contributed by atoms with Crippen molar-refractivity contribution in [2.45, 2.75) is 38.6 Å². The Labute approximate surface area is 108 Å². The number of nitrogens with zero attached hydrogens (tertiary/aromatic N) is 1. The molecule has 1 N–H and O–H groups in total. The fourth-order valence-electron chi connectivity index (χ4n) is 2.64. The zero-order chi connectivity index (χ0) is 13.0. The van der Waals surface area contributed by atoms with Gasteiger partial charge in [-0.05, 0) is 38.4 Å². The molecule has 1 aliphatic rings. The highest BCUT2D eigenvalue weighted by molar-refractivity contribution is 5.68. The molecule has 0 saturated carbocycles. The first-order chi connectivity index (χ1) is 8.66. The summed E-state index contributed by atoms with van der Waals surface area (Å²) in [5.41, 5.74) is 2.34. The number of aryl methyl sites for hydroxylation is 1. The van der Waals surface area contributed by atoms with Gasteiger partial charge in [0.25, 0.3) is 0 Å². The summed E-state index contributed by atoms with van der Waals surface area (Å²) in [7, 11) is 0. The van der Waals surface area contributed by atoms with Crippen LogP contribution in [0.4, 0.5) is 0 Å². The van der Waals surface area contributed by atoms with Crippen molar-refractivity contribution in [3.8, 4) is 0 Å². The van der Waals surface area contributed by atoms with Crippen LogP contribution >= 0.6 is 0 Å². The van der Waals surface area contributed by atoms with Gasteiger partial charge in [-0.3, -0.25) is 9.69 Å². The fourth-order valence-corrected chi connectivity index (χ4v) is 2.64. The minimum Gasteiger partial charge on any atom is -0.481 e. The Morgan fingerprint density at radius 3 is 2.39 bits per heavy atom. The predicted octanol–water partition coefficient (Wildman–Crippen LogP) is 3.00. The van der Waals surface area contributed by atoms with Gasteiger partial charge in [-0.25, -0.2) is 0 Å². The number of likely N-dealkylation sites (tertiary alicyclic amines) is 1. The number of carboxylic acid groups (broad SMARTS) is 1. The van der Waals surface area contributed by atoms with Crippen LogP contribution in [0.1, 0.15) is 42.9 Å². The second-order valence-corrected chi connectivity index (χ2v) is 5.12. The lowest BCUT2D eigenvalue weighted by Crippen LogP contribution is -2.34. The van der Waals surface area contributed by atoms with Gasteiger partial charge >= 0.3 is 5.97 Å². The van der Waals surface area contributed by atoms with Gasteiger partial charge < -0.3 is 5.11 Å². The molecule has 1 aromatic carbocycles. The molecule has 0 aliphatic carbocycles. The summed E-state index contributed by atoms with van der Waals surface area (Å²) in [4.78, 5) is 13.4. The lowest BCUT2D eigenvalue weighted by Gasteiger charge is -2.34. The Morgan fingerprint density at radius 2 is 1.83 bits per heavy atom. The molecule has 98 valence electrons. The fraction of sp³-hybridized carbons (Fsp3) is 0.533. The summed E-state index contributed by atoms with van der Waals surface area (Å²) < 4.78 is 0. The van der Waals surface area contributed by atoms with E-state index >= 15 is 0 Å². The smallest absolute Gasteiger partial charge is 0.305 e. The largest absolute Gasteiger partial charge is 0.481 e. The summed E-state index contributed by atoms with van der Waals surface area (Å²) in [6, 6.07) is 8.29. The van der Waals surface area contributed by atoms with Crippen LogP contribution in [-0.4, -0.2) is 29.1 Å². The van der Waals surface area contributed by atoms with E-state index in [2.05, 4.69) is 36.1 Å². The van der Waals surface area contributed by atoms with Gasteiger partial charge in [0.15, 0.2) is 0 Å². The van der Waals surface area contributed by atoms with Crippen molar-refractivity contribution in [2.24, 2.45) is 0 Å². The van der Waals surface area contributed by atoms with Crippen LogP contribution < -0.4 is 0 Å². The lowest BCUT2D eigenvalue weighted by atomic mass is 9.98. The second kappa shape index (κ2) is 6.01. The molecular weight excluding hydrogens is 226 g/mol. The van der Waals surface area contributed by atoms with Crippen molar-refractivity contribution in [3.63, 3.8) is 0 Å². The molecule has 2 rings (SSSR count). The van der Waals surface area contributed by atoms with Crippen molar-refractivity contribution >= 4 is 5.97 Å². The molecule has 1 aliphatic heterocycles. The highest BCUT2D eigenvalue weighted by Gasteiger charge is 2.24. The van der Waals surface area contributed by atoms with Crippen LogP contribution in [0, 0.1) is 6.92 Å². The minimum atomic E-state index is -0.717. The van der Waals surface area contributed by atoms with Crippen molar-refractivity contribution in [1.29, 1.82) is 0 Å². The maximum atomic E-state index is 11.1. The van der Waals surface area contributed by atoms with Crippen molar-refractivity contribution in [1.82, 2.24) is 4.90 Å². The van der Waals surface area contributed by atoms with Crippen LogP contribution in [0.25, 0.3) is 0 Å². The molecule has 3 heteroatoms. The molecule has 1 heterocycles. The van der Waals surface area contributed by atoms with Crippen LogP contribution in [0.3, 0.4) is 0 Å². The minimum absolute atomic E-state index is 0.0309. The standard InChI is InChI=1S/C15H21NO2/c1-12-5-7-13(8-6-12)14(11-15(17)18)16-9-3-2-4-10-16/h5-8,14H,2-4,9-11H2,1H3,(H,17,18). The SMILES string of the molecule is Cc1ccc(C(CC(=O)O)N2CCCCC2)cc1. The number of aliphatic carboxylic acids is 1. The van der Waals surface area contributed by atoms with Crippen LogP contribution in [0.2, 0.25) is 0 Å². The number of carbonyl (C=O) groups is 1. The normalized spacial score (nSPS) is 18.5. The molecule has 18 heavy (non-hydrogen) atoms.